The van der Waals surface area contributed by atoms with Gasteiger partial charge >= 0.3 is 0 Å². The molecule has 1 atom stereocenters. The van der Waals surface area contributed by atoms with Crippen molar-refractivity contribution in [2.75, 3.05) is 39.3 Å². The molecule has 6 heteroatoms. The second kappa shape index (κ2) is 12.3. The Morgan fingerprint density at radius 3 is 2.52 bits per heavy atom. The number of halogens is 2. The molecular formula is C17H35Cl2N3O. The molecule has 2 aliphatic rings. The molecule has 0 radical (unpaired) electrons. The summed E-state index contributed by atoms with van der Waals surface area (Å²) in [6.45, 7) is 11.2. The lowest BCUT2D eigenvalue weighted by molar-refractivity contribution is -0.121. The molecule has 1 unspecified atom stereocenters. The highest BCUT2D eigenvalue weighted by Gasteiger charge is 2.23. The Bertz CT molecular complexity index is 323. The summed E-state index contributed by atoms with van der Waals surface area (Å²) in [5.41, 5.74) is 0. The van der Waals surface area contributed by atoms with E-state index < -0.39 is 0 Å². The summed E-state index contributed by atoms with van der Waals surface area (Å²) in [6, 6.07) is 0. The molecule has 0 aromatic rings. The molecule has 138 valence electrons. The van der Waals surface area contributed by atoms with Crippen molar-refractivity contribution in [3.8, 4) is 0 Å². The predicted molar refractivity (Wildman–Crippen MR) is 102 cm³/mol. The van der Waals surface area contributed by atoms with Crippen LogP contribution in [-0.2, 0) is 4.79 Å². The van der Waals surface area contributed by atoms with Gasteiger partial charge in [-0.2, -0.15) is 0 Å². The Hall–Kier alpha value is -0.0300. The minimum absolute atomic E-state index is 0. The van der Waals surface area contributed by atoms with Gasteiger partial charge in [-0.05, 0) is 63.1 Å². The van der Waals surface area contributed by atoms with Gasteiger partial charge in [-0.1, -0.05) is 13.8 Å². The van der Waals surface area contributed by atoms with E-state index >= 15 is 0 Å². The van der Waals surface area contributed by atoms with Gasteiger partial charge < -0.3 is 15.5 Å². The lowest BCUT2D eigenvalue weighted by atomic mass is 9.93. The molecular weight excluding hydrogens is 333 g/mol. The van der Waals surface area contributed by atoms with E-state index in [1.807, 2.05) is 0 Å². The second-order valence-corrected chi connectivity index (χ2v) is 7.34. The zero-order chi connectivity index (χ0) is 15.1. The van der Waals surface area contributed by atoms with Crippen molar-refractivity contribution in [2.24, 2.45) is 17.8 Å². The molecule has 2 fully saturated rings. The molecule has 2 rings (SSSR count). The van der Waals surface area contributed by atoms with E-state index in [1.165, 1.54) is 32.4 Å². The van der Waals surface area contributed by atoms with Crippen LogP contribution in [0.25, 0.3) is 0 Å². The average molecular weight is 368 g/mol. The third-order valence-electron chi connectivity index (χ3n) is 4.82. The van der Waals surface area contributed by atoms with Gasteiger partial charge in [-0.15, -0.1) is 24.8 Å². The van der Waals surface area contributed by atoms with Gasteiger partial charge in [-0.25, -0.2) is 0 Å². The molecule has 2 heterocycles. The maximum Gasteiger partial charge on any atom is 0.220 e. The van der Waals surface area contributed by atoms with Crippen LogP contribution in [0.2, 0.25) is 0 Å². The van der Waals surface area contributed by atoms with Gasteiger partial charge in [0.15, 0.2) is 0 Å². The van der Waals surface area contributed by atoms with Crippen molar-refractivity contribution in [3.63, 3.8) is 0 Å². The predicted octanol–water partition coefficient (Wildman–Crippen LogP) is 2.70. The maximum absolute atomic E-state index is 12.0. The van der Waals surface area contributed by atoms with E-state index in [9.17, 15) is 4.79 Å². The van der Waals surface area contributed by atoms with Crippen molar-refractivity contribution in [1.29, 1.82) is 0 Å². The first kappa shape index (κ1) is 23.0. The zero-order valence-corrected chi connectivity index (χ0v) is 16.3. The standard InChI is InChI=1S/C17H33N3O.2ClH/c1-14(2)12-20-10-7-16(13-20)11-19-17(21)4-3-15-5-8-18-9-6-15;;/h14-16,18H,3-13H2,1-2H3,(H,19,21);2*1H. The number of carbonyl (C=O) groups excluding carboxylic acids is 1. The topological polar surface area (TPSA) is 44.4 Å². The van der Waals surface area contributed by atoms with E-state index in [0.717, 1.165) is 44.4 Å². The second-order valence-electron chi connectivity index (χ2n) is 7.34. The number of piperidine rings is 1. The van der Waals surface area contributed by atoms with Crippen molar-refractivity contribution in [2.45, 2.75) is 46.0 Å². The molecule has 23 heavy (non-hydrogen) atoms. The van der Waals surface area contributed by atoms with Crippen LogP contribution >= 0.6 is 24.8 Å². The molecule has 0 saturated carbocycles. The van der Waals surface area contributed by atoms with E-state index in [2.05, 4.69) is 29.4 Å². The molecule has 4 nitrogen and oxygen atoms in total. The first-order valence-corrected chi connectivity index (χ1v) is 8.83. The minimum atomic E-state index is 0. The molecule has 0 bridgehead atoms. The number of rotatable bonds is 7. The van der Waals surface area contributed by atoms with Gasteiger partial charge in [0.05, 0.1) is 0 Å². The number of nitrogens with one attached hydrogen (secondary N) is 2. The third-order valence-corrected chi connectivity index (χ3v) is 4.82. The summed E-state index contributed by atoms with van der Waals surface area (Å²) in [5.74, 6) is 2.41. The van der Waals surface area contributed by atoms with Crippen molar-refractivity contribution in [1.82, 2.24) is 15.5 Å². The van der Waals surface area contributed by atoms with Crippen LogP contribution in [-0.4, -0.2) is 50.1 Å². The number of carbonyl (C=O) groups is 1. The summed E-state index contributed by atoms with van der Waals surface area (Å²) in [7, 11) is 0. The fourth-order valence-electron chi connectivity index (χ4n) is 3.61. The first-order valence-electron chi connectivity index (χ1n) is 8.83. The minimum Gasteiger partial charge on any atom is -0.356 e. The van der Waals surface area contributed by atoms with E-state index in [0.29, 0.717) is 12.3 Å². The molecule has 0 aliphatic carbocycles. The number of hydrogen-bond donors (Lipinski definition) is 2. The van der Waals surface area contributed by atoms with E-state index in [-0.39, 0.29) is 30.7 Å². The summed E-state index contributed by atoms with van der Waals surface area (Å²) in [5, 5.41) is 6.53. The first-order chi connectivity index (χ1) is 10.1. The maximum atomic E-state index is 12.0. The van der Waals surface area contributed by atoms with Crippen LogP contribution in [0, 0.1) is 17.8 Å². The average Bonchev–Trinajstić information content (AvgIpc) is 2.91. The highest BCUT2D eigenvalue weighted by Crippen LogP contribution is 2.18. The molecule has 0 aromatic carbocycles. The SMILES string of the molecule is CC(C)CN1CCC(CNC(=O)CCC2CCNCC2)C1.Cl.Cl. The number of hydrogen-bond acceptors (Lipinski definition) is 3. The van der Waals surface area contributed by atoms with Crippen LogP contribution in [0.5, 0.6) is 0 Å². The highest BCUT2D eigenvalue weighted by molar-refractivity contribution is 5.85. The van der Waals surface area contributed by atoms with E-state index in [4.69, 9.17) is 0 Å². The number of amides is 1. The van der Waals surface area contributed by atoms with Crippen LogP contribution in [0.3, 0.4) is 0 Å². The number of likely N-dealkylation sites (tertiary alicyclic amines) is 1. The monoisotopic (exact) mass is 367 g/mol. The molecule has 2 aliphatic heterocycles. The van der Waals surface area contributed by atoms with Crippen LogP contribution in [0.15, 0.2) is 0 Å². The smallest absolute Gasteiger partial charge is 0.220 e. The summed E-state index contributed by atoms with van der Waals surface area (Å²) in [6.07, 6.45) is 5.49. The summed E-state index contributed by atoms with van der Waals surface area (Å²) in [4.78, 5) is 14.5. The van der Waals surface area contributed by atoms with Gasteiger partial charge in [0.2, 0.25) is 5.91 Å². The van der Waals surface area contributed by atoms with Gasteiger partial charge in [-0.3, -0.25) is 4.79 Å². The summed E-state index contributed by atoms with van der Waals surface area (Å²) >= 11 is 0. The largest absolute Gasteiger partial charge is 0.356 e. The van der Waals surface area contributed by atoms with Crippen LogP contribution < -0.4 is 10.6 Å². The van der Waals surface area contributed by atoms with Crippen molar-refractivity contribution < 1.29 is 4.79 Å². The van der Waals surface area contributed by atoms with Crippen molar-refractivity contribution >= 4 is 30.7 Å². The lowest BCUT2D eigenvalue weighted by Crippen LogP contribution is -2.32. The highest BCUT2D eigenvalue weighted by atomic mass is 35.5. The Labute approximate surface area is 154 Å². The van der Waals surface area contributed by atoms with E-state index in [1.54, 1.807) is 0 Å². The molecule has 2 saturated heterocycles. The van der Waals surface area contributed by atoms with Crippen LogP contribution in [0.1, 0.15) is 46.0 Å². The van der Waals surface area contributed by atoms with Gasteiger partial charge in [0.1, 0.15) is 0 Å². The molecule has 2 N–H and O–H groups in total. The Morgan fingerprint density at radius 1 is 1.17 bits per heavy atom. The molecule has 1 amide bonds. The Balaban J connectivity index is 0.00000242. The fourth-order valence-corrected chi connectivity index (χ4v) is 3.61. The summed E-state index contributed by atoms with van der Waals surface area (Å²) < 4.78 is 0. The number of nitrogens with zero attached hydrogens (tertiary/aromatic N) is 1. The zero-order valence-electron chi connectivity index (χ0n) is 14.7. The van der Waals surface area contributed by atoms with Crippen LogP contribution in [0.4, 0.5) is 0 Å². The molecule has 0 aromatic heterocycles. The Kier molecular flexibility index (Phi) is 12.3. The quantitative estimate of drug-likeness (QED) is 0.726. The van der Waals surface area contributed by atoms with Gasteiger partial charge in [0.25, 0.3) is 0 Å². The Morgan fingerprint density at radius 2 is 1.87 bits per heavy atom. The fraction of sp³-hybridized carbons (Fsp3) is 0.941. The normalized spacial score (nSPS) is 22.5. The molecule has 0 spiro atoms. The lowest BCUT2D eigenvalue weighted by Gasteiger charge is -2.22. The van der Waals surface area contributed by atoms with Gasteiger partial charge in [0, 0.05) is 26.1 Å². The third kappa shape index (κ3) is 9.13. The van der Waals surface area contributed by atoms with Crippen molar-refractivity contribution in [3.05, 3.63) is 0 Å².